The van der Waals surface area contributed by atoms with Gasteiger partial charge in [-0.2, -0.15) is 0 Å². The Morgan fingerprint density at radius 2 is 1.39 bits per heavy atom. The van der Waals surface area contributed by atoms with E-state index in [0.29, 0.717) is 11.1 Å². The number of esters is 1. The second-order valence-electron chi connectivity index (χ2n) is 4.99. The van der Waals surface area contributed by atoms with Gasteiger partial charge in [0.1, 0.15) is 0 Å². The van der Waals surface area contributed by atoms with E-state index in [1.54, 1.807) is 12.1 Å². The number of ether oxygens (including phenoxy) is 1. The zero-order chi connectivity index (χ0) is 16.8. The van der Waals surface area contributed by atoms with Gasteiger partial charge >= 0.3 is 5.97 Å². The molecule has 5 nitrogen and oxygen atoms in total. The quantitative estimate of drug-likeness (QED) is 0.655. The number of benzene rings is 2. The predicted octanol–water partition coefficient (Wildman–Crippen LogP) is 2.39. The average Bonchev–Trinajstić information content (AvgIpc) is 2.59. The van der Waals surface area contributed by atoms with Crippen LogP contribution >= 0.6 is 0 Å². The normalized spacial score (nSPS) is 10.1. The highest BCUT2D eigenvalue weighted by molar-refractivity contribution is 5.99. The number of hydrogen-bond donors (Lipinski definition) is 1. The van der Waals surface area contributed by atoms with Gasteiger partial charge in [-0.3, -0.25) is 9.59 Å². The first-order valence-corrected chi connectivity index (χ1v) is 7.20. The summed E-state index contributed by atoms with van der Waals surface area (Å²) < 4.78 is 5.00. The van der Waals surface area contributed by atoms with Gasteiger partial charge < -0.3 is 10.5 Å². The van der Waals surface area contributed by atoms with Gasteiger partial charge in [0, 0.05) is 11.1 Å². The molecule has 0 saturated carbocycles. The Morgan fingerprint density at radius 3 is 1.91 bits per heavy atom. The summed E-state index contributed by atoms with van der Waals surface area (Å²) in [5, 5.41) is 0. The third-order valence-electron chi connectivity index (χ3n) is 3.42. The van der Waals surface area contributed by atoms with Crippen LogP contribution in [0.15, 0.2) is 48.5 Å². The van der Waals surface area contributed by atoms with Crippen molar-refractivity contribution < 1.29 is 19.1 Å². The average molecular weight is 311 g/mol. The molecule has 0 fully saturated rings. The number of rotatable bonds is 6. The predicted molar refractivity (Wildman–Crippen MR) is 85.4 cm³/mol. The number of hydrogen-bond acceptors (Lipinski definition) is 4. The van der Waals surface area contributed by atoms with Gasteiger partial charge in [-0.25, -0.2) is 4.79 Å². The lowest BCUT2D eigenvalue weighted by molar-refractivity contribution is 0.0474. The van der Waals surface area contributed by atoms with Crippen molar-refractivity contribution in [1.82, 2.24) is 0 Å². The minimum atomic E-state index is -0.625. The number of primary amides is 1. The van der Waals surface area contributed by atoms with Crippen LogP contribution in [0.3, 0.4) is 0 Å². The van der Waals surface area contributed by atoms with E-state index in [1.165, 1.54) is 24.3 Å². The van der Waals surface area contributed by atoms with Crippen molar-refractivity contribution in [1.29, 1.82) is 0 Å². The highest BCUT2D eigenvalue weighted by Gasteiger charge is 2.12. The standard InChI is InChI=1S/C18H17NO4/c1-2-12-3-5-13(6-4-12)16(20)11-23-18(22)15-9-7-14(8-10-15)17(19)21/h3-10H,2,11H2,1H3,(H2,19,21). The highest BCUT2D eigenvalue weighted by atomic mass is 16.5. The summed E-state index contributed by atoms with van der Waals surface area (Å²) in [6.07, 6.45) is 0.894. The maximum atomic E-state index is 12.0. The third kappa shape index (κ3) is 4.26. The molecule has 0 aliphatic heterocycles. The molecule has 0 spiro atoms. The van der Waals surface area contributed by atoms with Gasteiger partial charge in [0.05, 0.1) is 5.56 Å². The molecule has 0 aliphatic rings. The van der Waals surface area contributed by atoms with Crippen LogP contribution in [0.5, 0.6) is 0 Å². The zero-order valence-corrected chi connectivity index (χ0v) is 12.7. The summed E-state index contributed by atoms with van der Waals surface area (Å²) in [5.41, 5.74) is 7.31. The number of carbonyl (C=O) groups excluding carboxylic acids is 3. The van der Waals surface area contributed by atoms with Crippen LogP contribution in [-0.2, 0) is 11.2 Å². The molecule has 2 rings (SSSR count). The van der Waals surface area contributed by atoms with Gasteiger partial charge in [0.25, 0.3) is 0 Å². The fraction of sp³-hybridized carbons (Fsp3) is 0.167. The van der Waals surface area contributed by atoms with Crippen LogP contribution in [0.2, 0.25) is 0 Å². The molecule has 0 aliphatic carbocycles. The highest BCUT2D eigenvalue weighted by Crippen LogP contribution is 2.08. The second kappa shape index (κ2) is 7.35. The second-order valence-corrected chi connectivity index (χ2v) is 4.99. The van der Waals surface area contributed by atoms with Gasteiger partial charge in [0.15, 0.2) is 12.4 Å². The minimum absolute atomic E-state index is 0.254. The molecule has 0 radical (unpaired) electrons. The molecule has 2 N–H and O–H groups in total. The molecule has 0 unspecified atom stereocenters. The lowest BCUT2D eigenvalue weighted by Gasteiger charge is -2.05. The Labute approximate surface area is 134 Å². The van der Waals surface area contributed by atoms with Gasteiger partial charge in [-0.05, 0) is 36.2 Å². The molecule has 23 heavy (non-hydrogen) atoms. The van der Waals surface area contributed by atoms with Crippen molar-refractivity contribution in [2.75, 3.05) is 6.61 Å². The number of nitrogens with two attached hydrogens (primary N) is 1. The molecule has 0 saturated heterocycles. The van der Waals surface area contributed by atoms with Gasteiger partial charge in [-0.15, -0.1) is 0 Å². The van der Waals surface area contributed by atoms with E-state index in [2.05, 4.69) is 0 Å². The van der Waals surface area contributed by atoms with E-state index in [0.717, 1.165) is 12.0 Å². The maximum Gasteiger partial charge on any atom is 0.338 e. The molecule has 2 aromatic rings. The van der Waals surface area contributed by atoms with Crippen molar-refractivity contribution >= 4 is 17.7 Å². The largest absolute Gasteiger partial charge is 0.454 e. The number of amides is 1. The first-order valence-electron chi connectivity index (χ1n) is 7.20. The SMILES string of the molecule is CCc1ccc(C(=O)COC(=O)c2ccc(C(N)=O)cc2)cc1. The summed E-state index contributed by atoms with van der Waals surface area (Å²) in [7, 11) is 0. The molecule has 0 atom stereocenters. The van der Waals surface area contributed by atoms with Crippen LogP contribution in [0, 0.1) is 0 Å². The first-order chi connectivity index (χ1) is 11.0. The van der Waals surface area contributed by atoms with E-state index in [9.17, 15) is 14.4 Å². The van der Waals surface area contributed by atoms with E-state index in [1.807, 2.05) is 19.1 Å². The van der Waals surface area contributed by atoms with Crippen LogP contribution in [-0.4, -0.2) is 24.3 Å². The molecule has 0 heterocycles. The van der Waals surface area contributed by atoms with E-state index in [4.69, 9.17) is 10.5 Å². The molecule has 0 bridgehead atoms. The summed E-state index contributed by atoms with van der Waals surface area (Å²) >= 11 is 0. The number of ketones is 1. The van der Waals surface area contributed by atoms with Crippen molar-refractivity contribution in [3.8, 4) is 0 Å². The fourth-order valence-electron chi connectivity index (χ4n) is 1.99. The summed E-state index contributed by atoms with van der Waals surface area (Å²) in [5.74, 6) is -1.47. The van der Waals surface area contributed by atoms with Crippen molar-refractivity contribution in [3.05, 3.63) is 70.8 Å². The van der Waals surface area contributed by atoms with Crippen LogP contribution in [0.25, 0.3) is 0 Å². The molecule has 1 amide bonds. The molecule has 118 valence electrons. The van der Waals surface area contributed by atoms with Crippen molar-refractivity contribution in [2.45, 2.75) is 13.3 Å². The Morgan fingerprint density at radius 1 is 0.870 bits per heavy atom. The molecule has 0 aromatic heterocycles. The number of Topliss-reactive ketones (excluding diaryl/α,β-unsaturated/α-hetero) is 1. The van der Waals surface area contributed by atoms with E-state index in [-0.39, 0.29) is 18.0 Å². The van der Waals surface area contributed by atoms with Gasteiger partial charge in [0.2, 0.25) is 5.91 Å². The van der Waals surface area contributed by atoms with E-state index >= 15 is 0 Å². The zero-order valence-electron chi connectivity index (χ0n) is 12.7. The lowest BCUT2D eigenvalue weighted by Crippen LogP contribution is -2.15. The molecule has 5 heteroatoms. The van der Waals surface area contributed by atoms with Crippen LogP contribution in [0.4, 0.5) is 0 Å². The number of carbonyl (C=O) groups is 3. The smallest absolute Gasteiger partial charge is 0.338 e. The minimum Gasteiger partial charge on any atom is -0.454 e. The monoisotopic (exact) mass is 311 g/mol. The van der Waals surface area contributed by atoms with Gasteiger partial charge in [-0.1, -0.05) is 31.2 Å². The Balaban J connectivity index is 1.94. The topological polar surface area (TPSA) is 86.5 Å². The molecular formula is C18H17NO4. The van der Waals surface area contributed by atoms with Crippen LogP contribution < -0.4 is 5.73 Å². The maximum absolute atomic E-state index is 12.0. The molecular weight excluding hydrogens is 294 g/mol. The summed E-state index contributed by atoms with van der Waals surface area (Å²) in [6, 6.07) is 12.9. The molecule has 2 aromatic carbocycles. The lowest BCUT2D eigenvalue weighted by atomic mass is 10.1. The Kier molecular flexibility index (Phi) is 5.25. The number of aryl methyl sites for hydroxylation is 1. The Bertz CT molecular complexity index is 718. The van der Waals surface area contributed by atoms with E-state index < -0.39 is 11.9 Å². The third-order valence-corrected chi connectivity index (χ3v) is 3.42. The summed E-state index contributed by atoms with van der Waals surface area (Å²) in [4.78, 5) is 34.8. The summed E-state index contributed by atoms with van der Waals surface area (Å²) in [6.45, 7) is 1.70. The Hall–Kier alpha value is -2.95. The van der Waals surface area contributed by atoms with Crippen molar-refractivity contribution in [3.63, 3.8) is 0 Å². The van der Waals surface area contributed by atoms with Crippen molar-refractivity contribution in [2.24, 2.45) is 5.73 Å². The first kappa shape index (κ1) is 16.4. The fourth-order valence-corrected chi connectivity index (χ4v) is 1.99. The van der Waals surface area contributed by atoms with Crippen LogP contribution in [0.1, 0.15) is 43.6 Å².